The molecule has 0 unspecified atom stereocenters. The zero-order valence-electron chi connectivity index (χ0n) is 25.1. The van der Waals surface area contributed by atoms with E-state index in [9.17, 15) is 9.59 Å². The average molecular weight is 543 g/mol. The first kappa shape index (κ1) is 37.6. The number of nitrogens with one attached hydrogen (secondary N) is 3. The van der Waals surface area contributed by atoms with Crippen LogP contribution in [0.15, 0.2) is 18.3 Å². The number of amides is 1. The number of hydrogen-bond donors (Lipinski definition) is 5. The van der Waals surface area contributed by atoms with Crippen LogP contribution < -0.4 is 27.6 Å². The van der Waals surface area contributed by atoms with Gasteiger partial charge in [0.1, 0.15) is 23.4 Å². The predicted octanol–water partition coefficient (Wildman–Crippen LogP) is 5.79. The molecule has 0 fully saturated rings. The Hall–Kier alpha value is -3.55. The summed E-state index contributed by atoms with van der Waals surface area (Å²) >= 11 is 0. The molecule has 0 atom stereocenters. The van der Waals surface area contributed by atoms with E-state index in [1.807, 2.05) is 19.9 Å². The largest absolute Gasteiger partial charge is 0.370 e. The monoisotopic (exact) mass is 542 g/mol. The van der Waals surface area contributed by atoms with Gasteiger partial charge in [0.25, 0.3) is 0 Å². The molecule has 2 heterocycles. The molecule has 0 bridgehead atoms. The van der Waals surface area contributed by atoms with Crippen molar-refractivity contribution < 1.29 is 9.59 Å². The van der Waals surface area contributed by atoms with Gasteiger partial charge in [0, 0.05) is 32.3 Å². The van der Waals surface area contributed by atoms with Gasteiger partial charge in [-0.25, -0.2) is 9.97 Å². The summed E-state index contributed by atoms with van der Waals surface area (Å²) in [6, 6.07) is 5.43. The van der Waals surface area contributed by atoms with Crippen molar-refractivity contribution in [1.82, 2.24) is 9.97 Å². The Morgan fingerprint density at radius 1 is 1.15 bits per heavy atom. The van der Waals surface area contributed by atoms with Crippen LogP contribution in [0.4, 0.5) is 17.3 Å². The number of unbranched alkanes of at least 4 members (excludes halogenated alkanes) is 1. The standard InChI is InChI=1S/C18H22N8O2.C5H12.C4H10.C2H6/c1-11(28)24-18-12(5-13(7-19)16(10-27)25-18)3-2-4-22-17-6-15(26-21)14(8-20)9-23-17;1-4-5(2)3;1-3-4-2;1-2/h5-6,9-10H,2-4,7,19,21H2,1H3,(H2,22,23,26)(H,24,25,28);5H,4H2,1-3H3;3-4H2,1-2H3;1-2H3. The molecular weight excluding hydrogens is 492 g/mol. The molecule has 1 amide bonds. The Balaban J connectivity index is 0. The molecule has 2 rings (SSSR count). The number of hydrogen-bond acceptors (Lipinski definition) is 9. The van der Waals surface area contributed by atoms with Crippen LogP contribution in [-0.2, 0) is 17.8 Å². The zero-order chi connectivity index (χ0) is 30.2. The Labute approximate surface area is 235 Å². The van der Waals surface area contributed by atoms with Crippen LogP contribution in [0.3, 0.4) is 0 Å². The summed E-state index contributed by atoms with van der Waals surface area (Å²) in [4.78, 5) is 31.0. The number of aromatic nitrogens is 2. The van der Waals surface area contributed by atoms with Crippen molar-refractivity contribution in [3.8, 4) is 6.07 Å². The summed E-state index contributed by atoms with van der Waals surface area (Å²) in [5.41, 5.74) is 10.6. The number of anilines is 3. The van der Waals surface area contributed by atoms with E-state index in [1.54, 1.807) is 12.1 Å². The van der Waals surface area contributed by atoms with E-state index < -0.39 is 0 Å². The van der Waals surface area contributed by atoms with Gasteiger partial charge in [-0.1, -0.05) is 67.7 Å². The van der Waals surface area contributed by atoms with Crippen molar-refractivity contribution in [2.45, 2.75) is 94.0 Å². The van der Waals surface area contributed by atoms with Crippen molar-refractivity contribution in [1.29, 1.82) is 5.26 Å². The highest BCUT2D eigenvalue weighted by Crippen LogP contribution is 2.20. The van der Waals surface area contributed by atoms with Crippen LogP contribution in [0, 0.1) is 17.2 Å². The fourth-order valence-electron chi connectivity index (χ4n) is 2.60. The number of nitriles is 1. The minimum absolute atomic E-state index is 0.177. The molecule has 2 aromatic rings. The molecule has 10 heteroatoms. The maximum atomic E-state index is 11.4. The van der Waals surface area contributed by atoms with E-state index in [0.717, 1.165) is 11.5 Å². The number of carbonyl (C=O) groups is 2. The fraction of sp³-hybridized carbons (Fsp3) is 0.552. The van der Waals surface area contributed by atoms with Crippen molar-refractivity contribution in [2.75, 3.05) is 22.6 Å². The highest BCUT2D eigenvalue weighted by atomic mass is 16.1. The molecule has 0 saturated heterocycles. The minimum Gasteiger partial charge on any atom is -0.370 e. The summed E-state index contributed by atoms with van der Waals surface area (Å²) in [7, 11) is 0. The third-order valence-corrected chi connectivity index (χ3v) is 5.27. The molecule has 7 N–H and O–H groups in total. The van der Waals surface area contributed by atoms with Crippen molar-refractivity contribution >= 4 is 29.5 Å². The number of rotatable bonds is 11. The van der Waals surface area contributed by atoms with E-state index in [2.05, 4.69) is 60.6 Å². The number of nitrogen functional groups attached to an aromatic ring is 1. The molecular formula is C29H50N8O2. The van der Waals surface area contributed by atoms with Gasteiger partial charge >= 0.3 is 0 Å². The molecule has 10 nitrogen and oxygen atoms in total. The summed E-state index contributed by atoms with van der Waals surface area (Å²) in [5.74, 6) is 6.95. The Bertz CT molecular complexity index is 1000. The number of aryl methyl sites for hydroxylation is 1. The second-order valence-electron chi connectivity index (χ2n) is 8.75. The molecule has 0 spiro atoms. The van der Waals surface area contributed by atoms with Gasteiger partial charge in [0.05, 0.1) is 11.3 Å². The van der Waals surface area contributed by atoms with E-state index in [0.29, 0.717) is 54.1 Å². The molecule has 0 aliphatic rings. The van der Waals surface area contributed by atoms with Gasteiger partial charge in [0.15, 0.2) is 6.29 Å². The Morgan fingerprint density at radius 3 is 2.21 bits per heavy atom. The summed E-state index contributed by atoms with van der Waals surface area (Å²) in [6.45, 7) is 17.1. The lowest BCUT2D eigenvalue weighted by Crippen LogP contribution is -2.14. The lowest BCUT2D eigenvalue weighted by atomic mass is 10.1. The maximum absolute atomic E-state index is 11.4. The fourth-order valence-corrected chi connectivity index (χ4v) is 2.60. The Kier molecular flexibility index (Phi) is 22.7. The van der Waals surface area contributed by atoms with Gasteiger partial charge in [-0.05, 0) is 36.0 Å². The van der Waals surface area contributed by atoms with Gasteiger partial charge in [-0.15, -0.1) is 0 Å². The van der Waals surface area contributed by atoms with E-state index in [4.69, 9.17) is 16.8 Å². The maximum Gasteiger partial charge on any atom is 0.222 e. The van der Waals surface area contributed by atoms with Crippen molar-refractivity contribution in [3.63, 3.8) is 0 Å². The first-order valence-corrected chi connectivity index (χ1v) is 13.8. The lowest BCUT2D eigenvalue weighted by molar-refractivity contribution is -0.114. The number of nitrogens with two attached hydrogens (primary N) is 2. The van der Waals surface area contributed by atoms with E-state index in [-0.39, 0.29) is 18.1 Å². The lowest BCUT2D eigenvalue weighted by Gasteiger charge is -2.13. The smallest absolute Gasteiger partial charge is 0.222 e. The molecule has 0 saturated carbocycles. The zero-order valence-corrected chi connectivity index (χ0v) is 25.1. The van der Waals surface area contributed by atoms with Crippen LogP contribution in [0.1, 0.15) is 108 Å². The first-order chi connectivity index (χ1) is 18.7. The highest BCUT2D eigenvalue weighted by Gasteiger charge is 2.12. The van der Waals surface area contributed by atoms with Crippen molar-refractivity contribution in [2.24, 2.45) is 17.5 Å². The summed E-state index contributed by atoms with van der Waals surface area (Å²) < 4.78 is 0. The van der Waals surface area contributed by atoms with Crippen molar-refractivity contribution in [3.05, 3.63) is 40.7 Å². The van der Waals surface area contributed by atoms with Gasteiger partial charge in [-0.2, -0.15) is 5.26 Å². The van der Waals surface area contributed by atoms with E-state index in [1.165, 1.54) is 32.4 Å². The third kappa shape index (κ3) is 16.1. The van der Waals surface area contributed by atoms with E-state index >= 15 is 0 Å². The SMILES string of the molecule is CC.CC(=O)Nc1nc(C=O)c(CN)cc1CCCNc1cc(NN)c(C#N)cn1.CCC(C)C.CCCC. The number of hydrazine groups is 1. The highest BCUT2D eigenvalue weighted by molar-refractivity contribution is 5.89. The molecule has 2 aromatic heterocycles. The molecule has 0 radical (unpaired) electrons. The van der Waals surface area contributed by atoms with Crippen LogP contribution in [0.25, 0.3) is 0 Å². The third-order valence-electron chi connectivity index (χ3n) is 5.27. The average Bonchev–Trinajstić information content (AvgIpc) is 2.96. The summed E-state index contributed by atoms with van der Waals surface area (Å²) in [5, 5.41) is 14.8. The molecule has 0 aliphatic heterocycles. The molecule has 218 valence electrons. The second-order valence-corrected chi connectivity index (χ2v) is 8.75. The van der Waals surface area contributed by atoms with Gasteiger partial charge in [-0.3, -0.25) is 15.4 Å². The quantitative estimate of drug-likeness (QED) is 0.102. The first-order valence-electron chi connectivity index (χ1n) is 13.8. The number of carbonyl (C=O) groups excluding carboxylic acids is 2. The van der Waals surface area contributed by atoms with Crippen LogP contribution in [-0.4, -0.2) is 28.7 Å². The normalized spacial score (nSPS) is 9.38. The van der Waals surface area contributed by atoms with Crippen LogP contribution in [0.5, 0.6) is 0 Å². The predicted molar refractivity (Wildman–Crippen MR) is 162 cm³/mol. The van der Waals surface area contributed by atoms with Crippen LogP contribution in [0.2, 0.25) is 0 Å². The van der Waals surface area contributed by atoms with Gasteiger partial charge in [0.2, 0.25) is 5.91 Å². The number of aldehydes is 1. The second kappa shape index (κ2) is 23.6. The summed E-state index contributed by atoms with van der Waals surface area (Å²) in [6.07, 6.45) is 7.30. The Morgan fingerprint density at radius 2 is 1.77 bits per heavy atom. The van der Waals surface area contributed by atoms with Crippen LogP contribution >= 0.6 is 0 Å². The minimum atomic E-state index is -0.271. The number of pyridine rings is 2. The van der Waals surface area contributed by atoms with Gasteiger partial charge < -0.3 is 21.8 Å². The molecule has 0 aromatic carbocycles. The molecule has 0 aliphatic carbocycles. The molecule has 39 heavy (non-hydrogen) atoms. The number of nitrogens with zero attached hydrogens (tertiary/aromatic N) is 3. The topological polar surface area (TPSA) is 172 Å².